The molecule has 0 atom stereocenters. The molecule has 1 N–H and O–H groups in total. The van der Waals surface area contributed by atoms with Gasteiger partial charge in [0.1, 0.15) is 0 Å². The van der Waals surface area contributed by atoms with Gasteiger partial charge in [0.15, 0.2) is 9.84 Å². The van der Waals surface area contributed by atoms with Crippen LogP contribution in [0.3, 0.4) is 0 Å². The van der Waals surface area contributed by atoms with Gasteiger partial charge in [0.2, 0.25) is 0 Å². The second-order valence-electron chi connectivity index (χ2n) is 4.99. The maximum Gasteiger partial charge on any atom is 0.416 e. The van der Waals surface area contributed by atoms with Gasteiger partial charge in [-0.25, -0.2) is 13.2 Å². The van der Waals surface area contributed by atoms with E-state index in [9.17, 15) is 31.5 Å². The summed E-state index contributed by atoms with van der Waals surface area (Å²) in [4.78, 5) is 11.2. The molecule has 0 aromatic heterocycles. The molecular weight excluding hydrogens is 345 g/mol. The van der Waals surface area contributed by atoms with E-state index in [0.29, 0.717) is 0 Å². The predicted octanol–water partition coefficient (Wildman–Crippen LogP) is 3.86. The Bertz CT molecular complexity index is 869. The van der Waals surface area contributed by atoms with E-state index in [1.807, 2.05) is 0 Å². The largest absolute Gasteiger partial charge is 0.478 e. The molecule has 0 unspecified atom stereocenters. The van der Waals surface area contributed by atoms with Crippen molar-refractivity contribution in [1.82, 2.24) is 0 Å². The van der Waals surface area contributed by atoms with Crippen LogP contribution in [0.5, 0.6) is 0 Å². The molecule has 0 spiro atoms. The van der Waals surface area contributed by atoms with Gasteiger partial charge >= 0.3 is 12.1 Å². The lowest BCUT2D eigenvalue weighted by Gasteiger charge is -2.11. The molecule has 0 fully saturated rings. The Balaban J connectivity index is 2.63. The molecule has 0 saturated carbocycles. The predicted molar refractivity (Wildman–Crippen MR) is 81.6 cm³/mol. The van der Waals surface area contributed by atoms with Gasteiger partial charge in [-0.05, 0) is 41.5 Å². The normalized spacial score (nSPS) is 12.2. The fourth-order valence-corrected chi connectivity index (χ4v) is 3.05. The summed E-state index contributed by atoms with van der Waals surface area (Å²) in [5.41, 5.74) is -0.829. The summed E-state index contributed by atoms with van der Waals surface area (Å²) in [7, 11) is -3.58. The van der Waals surface area contributed by atoms with Crippen molar-refractivity contribution in [2.75, 3.05) is 5.75 Å². The highest BCUT2D eigenvalue weighted by atomic mass is 32.2. The number of carboxylic acid groups (broad SMARTS) is 1. The molecule has 0 radical (unpaired) electrons. The van der Waals surface area contributed by atoms with Crippen molar-refractivity contribution in [1.29, 1.82) is 0 Å². The molecule has 8 heteroatoms. The summed E-state index contributed by atoms with van der Waals surface area (Å²) in [6.45, 7) is 1.44. The molecule has 128 valence electrons. The minimum Gasteiger partial charge on any atom is -0.478 e. The SMILES string of the molecule is CCS(=O)(=O)c1ccc(C(=O)O)c(-c2ccc(C(F)(F)F)cc2)c1. The van der Waals surface area contributed by atoms with Crippen LogP contribution in [-0.4, -0.2) is 25.2 Å². The number of hydrogen-bond donors (Lipinski definition) is 1. The number of carbonyl (C=O) groups is 1. The van der Waals surface area contributed by atoms with Crippen LogP contribution in [0.15, 0.2) is 47.4 Å². The molecule has 0 aliphatic heterocycles. The summed E-state index contributed by atoms with van der Waals surface area (Å²) in [5, 5.41) is 9.23. The molecule has 0 bridgehead atoms. The van der Waals surface area contributed by atoms with E-state index in [0.717, 1.165) is 30.3 Å². The van der Waals surface area contributed by atoms with Crippen molar-refractivity contribution in [2.24, 2.45) is 0 Å². The molecule has 0 amide bonds. The van der Waals surface area contributed by atoms with E-state index >= 15 is 0 Å². The number of sulfone groups is 1. The molecule has 0 aliphatic carbocycles. The average Bonchev–Trinajstić information content (AvgIpc) is 2.53. The fourth-order valence-electron chi connectivity index (χ4n) is 2.15. The van der Waals surface area contributed by atoms with Gasteiger partial charge in [-0.3, -0.25) is 0 Å². The number of carboxylic acids is 1. The number of benzene rings is 2. The molecule has 24 heavy (non-hydrogen) atoms. The first-order chi connectivity index (χ1) is 11.1. The van der Waals surface area contributed by atoms with Gasteiger partial charge in [0.25, 0.3) is 0 Å². The highest BCUT2D eigenvalue weighted by Crippen LogP contribution is 2.32. The van der Waals surface area contributed by atoms with E-state index in [1.165, 1.54) is 19.1 Å². The first kappa shape index (κ1) is 18.0. The molecule has 2 aromatic carbocycles. The monoisotopic (exact) mass is 358 g/mol. The fraction of sp³-hybridized carbons (Fsp3) is 0.188. The van der Waals surface area contributed by atoms with Crippen LogP contribution in [-0.2, 0) is 16.0 Å². The zero-order valence-electron chi connectivity index (χ0n) is 12.5. The molecular formula is C16H13F3O4S. The smallest absolute Gasteiger partial charge is 0.416 e. The van der Waals surface area contributed by atoms with Crippen molar-refractivity contribution in [2.45, 2.75) is 18.0 Å². The summed E-state index contributed by atoms with van der Waals surface area (Å²) >= 11 is 0. The van der Waals surface area contributed by atoms with Crippen LogP contribution < -0.4 is 0 Å². The van der Waals surface area contributed by atoms with E-state index in [-0.39, 0.29) is 27.3 Å². The molecule has 2 aromatic rings. The quantitative estimate of drug-likeness (QED) is 0.901. The first-order valence-corrected chi connectivity index (χ1v) is 8.49. The van der Waals surface area contributed by atoms with Crippen molar-refractivity contribution < 1.29 is 31.5 Å². The highest BCUT2D eigenvalue weighted by molar-refractivity contribution is 7.91. The van der Waals surface area contributed by atoms with Crippen molar-refractivity contribution in [3.8, 4) is 11.1 Å². The lowest BCUT2D eigenvalue weighted by molar-refractivity contribution is -0.137. The summed E-state index contributed by atoms with van der Waals surface area (Å²) in [6, 6.07) is 7.36. The van der Waals surface area contributed by atoms with Gasteiger partial charge < -0.3 is 5.11 Å². The van der Waals surface area contributed by atoms with E-state index in [4.69, 9.17) is 0 Å². The zero-order valence-corrected chi connectivity index (χ0v) is 13.3. The Labute approximate surface area is 136 Å². The van der Waals surface area contributed by atoms with Crippen LogP contribution in [0.25, 0.3) is 11.1 Å². The topological polar surface area (TPSA) is 71.4 Å². The maximum atomic E-state index is 12.6. The lowest BCUT2D eigenvalue weighted by atomic mass is 9.98. The third-order valence-corrected chi connectivity index (χ3v) is 5.22. The van der Waals surface area contributed by atoms with Gasteiger partial charge in [-0.2, -0.15) is 13.2 Å². The Kier molecular flexibility index (Phi) is 4.70. The van der Waals surface area contributed by atoms with Gasteiger partial charge in [0.05, 0.1) is 21.8 Å². The number of rotatable bonds is 4. The average molecular weight is 358 g/mol. The number of alkyl halides is 3. The van der Waals surface area contributed by atoms with E-state index < -0.39 is 27.5 Å². The second-order valence-corrected chi connectivity index (χ2v) is 7.27. The van der Waals surface area contributed by atoms with Crippen molar-refractivity contribution in [3.05, 3.63) is 53.6 Å². The van der Waals surface area contributed by atoms with E-state index in [1.54, 1.807) is 0 Å². The van der Waals surface area contributed by atoms with Crippen LogP contribution in [0.4, 0.5) is 13.2 Å². The van der Waals surface area contributed by atoms with Gasteiger partial charge in [0, 0.05) is 0 Å². The number of aromatic carboxylic acids is 1. The summed E-state index contributed by atoms with van der Waals surface area (Å²) < 4.78 is 61.8. The van der Waals surface area contributed by atoms with Crippen molar-refractivity contribution >= 4 is 15.8 Å². The standard InChI is InChI=1S/C16H13F3O4S/c1-2-24(22,23)12-7-8-13(15(20)21)14(9-12)10-3-5-11(6-4-10)16(17,18)19/h3-9H,2H2,1H3,(H,20,21). The summed E-state index contributed by atoms with van der Waals surface area (Å²) in [6.07, 6.45) is -4.51. The van der Waals surface area contributed by atoms with Gasteiger partial charge in [-0.1, -0.05) is 19.1 Å². The van der Waals surface area contributed by atoms with Crippen LogP contribution in [0.1, 0.15) is 22.8 Å². The minimum atomic E-state index is -4.51. The molecule has 0 saturated heterocycles. The Morgan fingerprint density at radius 3 is 2.12 bits per heavy atom. The third kappa shape index (κ3) is 3.59. The van der Waals surface area contributed by atoms with E-state index in [2.05, 4.69) is 0 Å². The van der Waals surface area contributed by atoms with Crippen LogP contribution in [0, 0.1) is 0 Å². The summed E-state index contributed by atoms with van der Waals surface area (Å²) in [5.74, 6) is -1.48. The molecule has 4 nitrogen and oxygen atoms in total. The molecule has 0 aliphatic rings. The zero-order chi connectivity index (χ0) is 18.1. The first-order valence-electron chi connectivity index (χ1n) is 6.84. The molecule has 2 rings (SSSR count). The third-order valence-electron chi connectivity index (χ3n) is 3.48. The van der Waals surface area contributed by atoms with Gasteiger partial charge in [-0.15, -0.1) is 0 Å². The second kappa shape index (κ2) is 6.27. The molecule has 0 heterocycles. The highest BCUT2D eigenvalue weighted by Gasteiger charge is 2.30. The Hall–Kier alpha value is -2.35. The Morgan fingerprint density at radius 2 is 1.67 bits per heavy atom. The maximum absolute atomic E-state index is 12.6. The van der Waals surface area contributed by atoms with Crippen molar-refractivity contribution in [3.63, 3.8) is 0 Å². The minimum absolute atomic E-state index is 0.0470. The number of hydrogen-bond acceptors (Lipinski definition) is 3. The Morgan fingerprint density at radius 1 is 1.08 bits per heavy atom. The van der Waals surface area contributed by atoms with Crippen LogP contribution in [0.2, 0.25) is 0 Å². The van der Waals surface area contributed by atoms with Crippen LogP contribution >= 0.6 is 0 Å². The number of halogens is 3. The lowest BCUT2D eigenvalue weighted by Crippen LogP contribution is -2.07.